The lowest BCUT2D eigenvalue weighted by atomic mass is 9.81. The molecule has 92 valence electrons. The van der Waals surface area contributed by atoms with Crippen LogP contribution in [0.25, 0.3) is 0 Å². The summed E-state index contributed by atoms with van der Waals surface area (Å²) in [6, 6.07) is 8.17. The topological polar surface area (TPSA) is 12.0 Å². The summed E-state index contributed by atoms with van der Waals surface area (Å²) in [5.41, 5.74) is 1.26. The van der Waals surface area contributed by atoms with E-state index in [2.05, 4.69) is 12.2 Å². The lowest BCUT2D eigenvalue weighted by Gasteiger charge is -2.37. The normalized spacial score (nSPS) is 29.8. The average molecular weight is 233 g/mol. The number of halogens is 1. The van der Waals surface area contributed by atoms with E-state index in [1.165, 1.54) is 31.2 Å². The molecule has 17 heavy (non-hydrogen) atoms. The second kappa shape index (κ2) is 4.41. The van der Waals surface area contributed by atoms with Gasteiger partial charge in [0.25, 0.3) is 0 Å². The Kier molecular flexibility index (Phi) is 2.91. The molecule has 2 aliphatic carbocycles. The summed E-state index contributed by atoms with van der Waals surface area (Å²) in [7, 11) is 0. The molecule has 0 aliphatic heterocycles. The molecular formula is C15H20FN. The van der Waals surface area contributed by atoms with Gasteiger partial charge in [0.2, 0.25) is 0 Å². The van der Waals surface area contributed by atoms with Gasteiger partial charge in [-0.25, -0.2) is 4.39 Å². The molecule has 0 aromatic heterocycles. The van der Waals surface area contributed by atoms with Crippen molar-refractivity contribution in [2.75, 3.05) is 0 Å². The molecular weight excluding hydrogens is 213 g/mol. The first-order chi connectivity index (χ1) is 8.22. The number of hydrogen-bond donors (Lipinski definition) is 1. The lowest BCUT2D eigenvalue weighted by Crippen LogP contribution is -2.42. The molecule has 0 bridgehead atoms. The quantitative estimate of drug-likeness (QED) is 0.836. The summed E-state index contributed by atoms with van der Waals surface area (Å²) < 4.78 is 12.9. The van der Waals surface area contributed by atoms with Crippen LogP contribution in [0, 0.1) is 17.7 Å². The van der Waals surface area contributed by atoms with Crippen LogP contribution in [-0.2, 0) is 0 Å². The Morgan fingerprint density at radius 3 is 2.35 bits per heavy atom. The van der Waals surface area contributed by atoms with E-state index in [0.29, 0.717) is 12.1 Å². The Bertz CT molecular complexity index is 376. The number of benzene rings is 1. The zero-order valence-electron chi connectivity index (χ0n) is 10.3. The van der Waals surface area contributed by atoms with Crippen molar-refractivity contribution in [1.82, 2.24) is 5.32 Å². The van der Waals surface area contributed by atoms with E-state index in [9.17, 15) is 4.39 Å². The SMILES string of the molecule is CC1CC(NC(c2ccc(F)cc2)C2CC2)C1. The van der Waals surface area contributed by atoms with Gasteiger partial charge in [-0.1, -0.05) is 19.1 Å². The third kappa shape index (κ3) is 2.52. The molecule has 2 saturated carbocycles. The number of nitrogens with one attached hydrogen (secondary N) is 1. The fourth-order valence-electron chi connectivity index (χ4n) is 2.90. The van der Waals surface area contributed by atoms with Crippen molar-refractivity contribution < 1.29 is 4.39 Å². The van der Waals surface area contributed by atoms with E-state index in [-0.39, 0.29) is 5.82 Å². The third-order valence-corrected chi connectivity index (χ3v) is 4.11. The molecule has 1 atom stereocenters. The van der Waals surface area contributed by atoms with Crippen LogP contribution in [0.2, 0.25) is 0 Å². The predicted octanol–water partition coefficient (Wildman–Crippen LogP) is 3.66. The van der Waals surface area contributed by atoms with Crippen LogP contribution in [0.1, 0.15) is 44.2 Å². The molecule has 0 spiro atoms. The van der Waals surface area contributed by atoms with Gasteiger partial charge in [0.05, 0.1) is 0 Å². The van der Waals surface area contributed by atoms with Crippen LogP contribution >= 0.6 is 0 Å². The molecule has 0 saturated heterocycles. The van der Waals surface area contributed by atoms with E-state index < -0.39 is 0 Å². The molecule has 1 unspecified atom stereocenters. The Hall–Kier alpha value is -0.890. The van der Waals surface area contributed by atoms with Gasteiger partial charge in [-0.3, -0.25) is 0 Å². The smallest absolute Gasteiger partial charge is 0.123 e. The van der Waals surface area contributed by atoms with E-state index in [0.717, 1.165) is 11.8 Å². The molecule has 0 radical (unpaired) electrons. The molecule has 2 fully saturated rings. The summed E-state index contributed by atoms with van der Waals surface area (Å²) in [4.78, 5) is 0. The van der Waals surface area contributed by atoms with Crippen LogP contribution in [0.3, 0.4) is 0 Å². The highest BCUT2D eigenvalue weighted by atomic mass is 19.1. The fraction of sp³-hybridized carbons (Fsp3) is 0.600. The van der Waals surface area contributed by atoms with E-state index in [1.807, 2.05) is 12.1 Å². The molecule has 1 aromatic rings. The largest absolute Gasteiger partial charge is 0.307 e. The first kappa shape index (κ1) is 11.2. The molecule has 2 heteroatoms. The van der Waals surface area contributed by atoms with Gasteiger partial charge in [-0.2, -0.15) is 0 Å². The monoisotopic (exact) mass is 233 g/mol. The zero-order valence-corrected chi connectivity index (χ0v) is 10.3. The van der Waals surface area contributed by atoms with Crippen LogP contribution in [-0.4, -0.2) is 6.04 Å². The van der Waals surface area contributed by atoms with Crippen molar-refractivity contribution in [2.24, 2.45) is 11.8 Å². The lowest BCUT2D eigenvalue weighted by molar-refractivity contribution is 0.215. The average Bonchev–Trinajstić information content (AvgIpc) is 3.08. The van der Waals surface area contributed by atoms with Crippen molar-refractivity contribution in [3.05, 3.63) is 35.6 Å². The van der Waals surface area contributed by atoms with Crippen LogP contribution in [0.4, 0.5) is 4.39 Å². The summed E-state index contributed by atoms with van der Waals surface area (Å²) in [5, 5.41) is 3.76. The summed E-state index contributed by atoms with van der Waals surface area (Å²) in [6.07, 6.45) is 5.23. The van der Waals surface area contributed by atoms with Crippen LogP contribution in [0.15, 0.2) is 24.3 Å². The van der Waals surface area contributed by atoms with Gasteiger partial charge in [0.1, 0.15) is 5.82 Å². The highest BCUT2D eigenvalue weighted by molar-refractivity contribution is 5.22. The Labute approximate surface area is 102 Å². The second-order valence-electron chi connectivity index (χ2n) is 5.81. The summed E-state index contributed by atoms with van der Waals surface area (Å²) in [6.45, 7) is 2.31. The first-order valence-corrected chi connectivity index (χ1v) is 6.74. The molecule has 0 heterocycles. The Balaban J connectivity index is 1.69. The second-order valence-corrected chi connectivity index (χ2v) is 5.81. The third-order valence-electron chi connectivity index (χ3n) is 4.11. The maximum Gasteiger partial charge on any atom is 0.123 e. The summed E-state index contributed by atoms with van der Waals surface area (Å²) >= 11 is 0. The number of hydrogen-bond acceptors (Lipinski definition) is 1. The minimum Gasteiger partial charge on any atom is -0.307 e. The molecule has 2 aliphatic rings. The molecule has 1 nitrogen and oxygen atoms in total. The van der Waals surface area contributed by atoms with Crippen LogP contribution < -0.4 is 5.32 Å². The van der Waals surface area contributed by atoms with Gasteiger partial charge in [-0.05, 0) is 55.2 Å². The van der Waals surface area contributed by atoms with Gasteiger partial charge in [-0.15, -0.1) is 0 Å². The maximum atomic E-state index is 12.9. The standard InChI is InChI=1S/C15H20FN/c1-10-8-14(9-10)17-15(11-2-3-11)12-4-6-13(16)7-5-12/h4-7,10-11,14-15,17H,2-3,8-9H2,1H3. The maximum absolute atomic E-state index is 12.9. The Morgan fingerprint density at radius 2 is 1.82 bits per heavy atom. The van der Waals surface area contributed by atoms with Gasteiger partial charge in [0.15, 0.2) is 0 Å². The van der Waals surface area contributed by atoms with Gasteiger partial charge >= 0.3 is 0 Å². The fourth-order valence-corrected chi connectivity index (χ4v) is 2.90. The van der Waals surface area contributed by atoms with E-state index >= 15 is 0 Å². The zero-order chi connectivity index (χ0) is 11.8. The number of rotatable bonds is 4. The van der Waals surface area contributed by atoms with Gasteiger partial charge in [0, 0.05) is 12.1 Å². The molecule has 0 amide bonds. The van der Waals surface area contributed by atoms with Crippen molar-refractivity contribution >= 4 is 0 Å². The highest BCUT2D eigenvalue weighted by Crippen LogP contribution is 2.42. The van der Waals surface area contributed by atoms with Crippen molar-refractivity contribution in [2.45, 2.75) is 44.7 Å². The minimum absolute atomic E-state index is 0.138. The van der Waals surface area contributed by atoms with E-state index in [4.69, 9.17) is 0 Å². The van der Waals surface area contributed by atoms with Crippen LogP contribution in [0.5, 0.6) is 0 Å². The highest BCUT2D eigenvalue weighted by Gasteiger charge is 2.36. The molecule has 3 rings (SSSR count). The van der Waals surface area contributed by atoms with E-state index in [1.54, 1.807) is 12.1 Å². The van der Waals surface area contributed by atoms with Crippen molar-refractivity contribution in [3.63, 3.8) is 0 Å². The van der Waals surface area contributed by atoms with Gasteiger partial charge < -0.3 is 5.32 Å². The minimum atomic E-state index is -0.138. The first-order valence-electron chi connectivity index (χ1n) is 6.74. The molecule has 1 aromatic carbocycles. The predicted molar refractivity (Wildman–Crippen MR) is 67.2 cm³/mol. The van der Waals surface area contributed by atoms with Crippen molar-refractivity contribution in [1.29, 1.82) is 0 Å². The molecule has 1 N–H and O–H groups in total. The summed E-state index contributed by atoms with van der Waals surface area (Å²) in [5.74, 6) is 1.51. The Morgan fingerprint density at radius 1 is 1.18 bits per heavy atom. The van der Waals surface area contributed by atoms with Crippen molar-refractivity contribution in [3.8, 4) is 0 Å².